The zero-order chi connectivity index (χ0) is 18.2. The van der Waals surface area contributed by atoms with E-state index in [2.05, 4.69) is 39.0 Å². The average molecular weight is 345 g/mol. The summed E-state index contributed by atoms with van der Waals surface area (Å²) in [4.78, 5) is 14.4. The molecule has 1 N–H and O–H groups in total. The summed E-state index contributed by atoms with van der Waals surface area (Å²) < 4.78 is 6.18. The topological polar surface area (TPSA) is 49.8 Å². The third kappa shape index (κ3) is 4.35. The first kappa shape index (κ1) is 18.2. The second-order valence-corrected chi connectivity index (χ2v) is 9.02. The number of hydrogen-bond donors (Lipinski definition) is 1. The molecular formula is C21H31NO3. The van der Waals surface area contributed by atoms with Crippen molar-refractivity contribution in [1.29, 1.82) is 0 Å². The molecule has 3 rings (SSSR count). The standard InChI is InChI=1S/C21H31NO3/c1-20(2,3)16-6-5-7-18(12-16)25-17-8-10-22(11-9-17)19(23)15-13-21(4,24)14-15/h5-7,12,15,17,24H,8-11,13-14H2,1-4H3. The van der Waals surface area contributed by atoms with E-state index in [-0.39, 0.29) is 23.3 Å². The molecule has 25 heavy (non-hydrogen) atoms. The predicted molar refractivity (Wildman–Crippen MR) is 98.7 cm³/mol. The van der Waals surface area contributed by atoms with Gasteiger partial charge in [0.25, 0.3) is 0 Å². The highest BCUT2D eigenvalue weighted by Crippen LogP contribution is 2.38. The molecule has 1 aromatic carbocycles. The molecule has 1 aliphatic heterocycles. The molecule has 1 saturated carbocycles. The van der Waals surface area contributed by atoms with Crippen molar-refractivity contribution in [2.24, 2.45) is 5.92 Å². The van der Waals surface area contributed by atoms with Gasteiger partial charge in [-0.05, 0) is 42.9 Å². The van der Waals surface area contributed by atoms with Crippen LogP contribution < -0.4 is 4.74 Å². The van der Waals surface area contributed by atoms with Gasteiger partial charge >= 0.3 is 0 Å². The van der Waals surface area contributed by atoms with Gasteiger partial charge in [0.1, 0.15) is 11.9 Å². The van der Waals surface area contributed by atoms with Crippen LogP contribution in [-0.2, 0) is 10.2 Å². The minimum Gasteiger partial charge on any atom is -0.490 e. The van der Waals surface area contributed by atoms with E-state index in [0.717, 1.165) is 31.7 Å². The van der Waals surface area contributed by atoms with E-state index in [0.29, 0.717) is 12.8 Å². The van der Waals surface area contributed by atoms with E-state index >= 15 is 0 Å². The Bertz CT molecular complexity index is 616. The fraction of sp³-hybridized carbons (Fsp3) is 0.667. The Kier molecular flexibility index (Phi) is 4.84. The smallest absolute Gasteiger partial charge is 0.225 e. The number of aliphatic hydroxyl groups is 1. The lowest BCUT2D eigenvalue weighted by Gasteiger charge is -2.43. The highest BCUT2D eigenvalue weighted by Gasteiger charge is 2.44. The van der Waals surface area contributed by atoms with Gasteiger partial charge in [-0.15, -0.1) is 0 Å². The molecule has 0 aromatic heterocycles. The van der Waals surface area contributed by atoms with E-state index in [1.54, 1.807) is 0 Å². The normalized spacial score (nSPS) is 27.7. The molecule has 1 amide bonds. The van der Waals surface area contributed by atoms with Gasteiger partial charge in [-0.1, -0.05) is 32.9 Å². The summed E-state index contributed by atoms with van der Waals surface area (Å²) in [5, 5.41) is 9.83. The van der Waals surface area contributed by atoms with Gasteiger partial charge in [-0.3, -0.25) is 4.79 Å². The Labute approximate surface area is 151 Å². The number of amides is 1. The van der Waals surface area contributed by atoms with Crippen LogP contribution in [0.5, 0.6) is 5.75 Å². The van der Waals surface area contributed by atoms with E-state index in [1.165, 1.54) is 5.56 Å². The third-order valence-corrected chi connectivity index (χ3v) is 5.48. The fourth-order valence-electron chi connectivity index (χ4n) is 3.86. The van der Waals surface area contributed by atoms with E-state index in [1.807, 2.05) is 17.9 Å². The highest BCUT2D eigenvalue weighted by atomic mass is 16.5. The van der Waals surface area contributed by atoms with Crippen molar-refractivity contribution in [1.82, 2.24) is 4.90 Å². The van der Waals surface area contributed by atoms with Crippen molar-refractivity contribution in [3.8, 4) is 5.75 Å². The van der Waals surface area contributed by atoms with Gasteiger partial charge in [-0.25, -0.2) is 0 Å². The summed E-state index contributed by atoms with van der Waals surface area (Å²) in [7, 11) is 0. The fourth-order valence-corrected chi connectivity index (χ4v) is 3.86. The van der Waals surface area contributed by atoms with Crippen molar-refractivity contribution in [3.63, 3.8) is 0 Å². The maximum Gasteiger partial charge on any atom is 0.225 e. The Balaban J connectivity index is 1.51. The van der Waals surface area contributed by atoms with Crippen molar-refractivity contribution < 1.29 is 14.6 Å². The number of carbonyl (C=O) groups is 1. The van der Waals surface area contributed by atoms with Crippen LogP contribution in [0.2, 0.25) is 0 Å². The van der Waals surface area contributed by atoms with Gasteiger partial charge in [-0.2, -0.15) is 0 Å². The first-order chi connectivity index (χ1) is 11.6. The SMILES string of the molecule is CC1(O)CC(C(=O)N2CCC(Oc3cccc(C(C)(C)C)c3)CC2)C1. The van der Waals surface area contributed by atoms with E-state index < -0.39 is 5.60 Å². The summed E-state index contributed by atoms with van der Waals surface area (Å²) in [6, 6.07) is 8.34. The molecule has 2 aliphatic rings. The number of nitrogens with zero attached hydrogens (tertiary/aromatic N) is 1. The third-order valence-electron chi connectivity index (χ3n) is 5.48. The molecule has 0 spiro atoms. The van der Waals surface area contributed by atoms with Crippen molar-refractivity contribution in [2.75, 3.05) is 13.1 Å². The first-order valence-corrected chi connectivity index (χ1v) is 9.42. The second-order valence-electron chi connectivity index (χ2n) is 9.02. The van der Waals surface area contributed by atoms with E-state index in [9.17, 15) is 9.90 Å². The minimum atomic E-state index is -0.639. The van der Waals surface area contributed by atoms with Gasteiger partial charge in [0.15, 0.2) is 0 Å². The van der Waals surface area contributed by atoms with Gasteiger partial charge in [0.2, 0.25) is 5.91 Å². The summed E-state index contributed by atoms with van der Waals surface area (Å²) in [6.07, 6.45) is 3.11. The number of ether oxygens (including phenoxy) is 1. The summed E-state index contributed by atoms with van der Waals surface area (Å²) >= 11 is 0. The summed E-state index contributed by atoms with van der Waals surface area (Å²) in [5.74, 6) is 1.14. The molecule has 0 atom stereocenters. The minimum absolute atomic E-state index is 0.0101. The van der Waals surface area contributed by atoms with Crippen molar-refractivity contribution in [2.45, 2.75) is 70.5 Å². The lowest BCUT2D eigenvalue weighted by atomic mass is 9.71. The maximum atomic E-state index is 12.5. The lowest BCUT2D eigenvalue weighted by Crippen LogP contribution is -2.51. The Morgan fingerprint density at radius 3 is 2.44 bits per heavy atom. The van der Waals surface area contributed by atoms with Crippen molar-refractivity contribution >= 4 is 5.91 Å². The number of hydrogen-bond acceptors (Lipinski definition) is 3. The molecule has 1 aliphatic carbocycles. The maximum absolute atomic E-state index is 12.5. The Morgan fingerprint density at radius 2 is 1.88 bits per heavy atom. The average Bonchev–Trinajstić information content (AvgIpc) is 2.52. The largest absolute Gasteiger partial charge is 0.490 e. The quantitative estimate of drug-likeness (QED) is 0.912. The molecule has 4 heteroatoms. The highest BCUT2D eigenvalue weighted by molar-refractivity contribution is 5.80. The Morgan fingerprint density at radius 1 is 1.24 bits per heavy atom. The van der Waals surface area contributed by atoms with Crippen LogP contribution >= 0.6 is 0 Å². The van der Waals surface area contributed by atoms with Crippen LogP contribution in [0.15, 0.2) is 24.3 Å². The van der Waals surface area contributed by atoms with Crippen LogP contribution in [0.1, 0.15) is 58.9 Å². The lowest BCUT2D eigenvalue weighted by molar-refractivity contribution is -0.151. The zero-order valence-corrected chi connectivity index (χ0v) is 15.9. The number of likely N-dealkylation sites (tertiary alicyclic amines) is 1. The van der Waals surface area contributed by atoms with Crippen LogP contribution in [0.3, 0.4) is 0 Å². The molecule has 0 unspecified atom stereocenters. The first-order valence-electron chi connectivity index (χ1n) is 9.42. The molecule has 0 radical (unpaired) electrons. The number of carbonyl (C=O) groups excluding carboxylic acids is 1. The molecule has 2 fully saturated rings. The molecule has 1 saturated heterocycles. The molecule has 138 valence electrons. The summed E-state index contributed by atoms with van der Waals surface area (Å²) in [6.45, 7) is 9.92. The van der Waals surface area contributed by atoms with Crippen LogP contribution in [0, 0.1) is 5.92 Å². The Hall–Kier alpha value is -1.55. The van der Waals surface area contributed by atoms with E-state index in [4.69, 9.17) is 4.74 Å². The van der Waals surface area contributed by atoms with Crippen LogP contribution in [-0.4, -0.2) is 40.7 Å². The zero-order valence-electron chi connectivity index (χ0n) is 15.9. The monoisotopic (exact) mass is 345 g/mol. The van der Waals surface area contributed by atoms with Crippen molar-refractivity contribution in [3.05, 3.63) is 29.8 Å². The van der Waals surface area contributed by atoms with Gasteiger partial charge in [0.05, 0.1) is 5.60 Å². The molecule has 4 nitrogen and oxygen atoms in total. The van der Waals surface area contributed by atoms with Gasteiger partial charge in [0, 0.05) is 31.8 Å². The number of piperidine rings is 1. The van der Waals surface area contributed by atoms with Crippen LogP contribution in [0.25, 0.3) is 0 Å². The predicted octanol–water partition coefficient (Wildman–Crippen LogP) is 3.51. The molecule has 0 bridgehead atoms. The molecule has 1 heterocycles. The summed E-state index contributed by atoms with van der Waals surface area (Å²) in [5.41, 5.74) is 0.744. The van der Waals surface area contributed by atoms with Crippen LogP contribution in [0.4, 0.5) is 0 Å². The molecule has 1 aromatic rings. The number of benzene rings is 1. The second kappa shape index (κ2) is 6.64. The number of rotatable bonds is 3. The molecular weight excluding hydrogens is 314 g/mol. The van der Waals surface area contributed by atoms with Gasteiger partial charge < -0.3 is 14.7 Å².